The Labute approximate surface area is 202 Å². The highest BCUT2D eigenvalue weighted by Crippen LogP contribution is 2.39. The first-order chi connectivity index (χ1) is 15.9. The Morgan fingerprint density at radius 1 is 1.12 bits per heavy atom. The summed E-state index contributed by atoms with van der Waals surface area (Å²) >= 11 is 3.15. The Bertz CT molecular complexity index is 1060. The highest BCUT2D eigenvalue weighted by atomic mass is 32.2. The van der Waals surface area contributed by atoms with Crippen LogP contribution in [0.4, 0.5) is 11.6 Å². The number of anilines is 2. The molecule has 4 heterocycles. The van der Waals surface area contributed by atoms with E-state index < -0.39 is 0 Å². The average Bonchev–Trinajstić information content (AvgIpc) is 3.16. The summed E-state index contributed by atoms with van der Waals surface area (Å²) in [6.45, 7) is 10.1. The Balaban J connectivity index is 1.39. The molecule has 9 nitrogen and oxygen atoms in total. The standard InChI is InChI=1S/C22H30N8OS2/c1-14-20(15(2)33-22-26-17(23)13-18(24)27-22)28-21(32-14)16-4-5-25-19(12-16)31-11-10-30-8-6-29(3)7-9-30/h4-5,12-13,15H,6-11H2,1-3H3,(H4,23,24,26,27)/t15-/m0/s1. The number of thiazole rings is 1. The Morgan fingerprint density at radius 3 is 2.58 bits per heavy atom. The third-order valence-corrected chi connectivity index (χ3v) is 7.49. The summed E-state index contributed by atoms with van der Waals surface area (Å²) in [6.07, 6.45) is 1.78. The molecule has 0 amide bonds. The molecule has 1 fully saturated rings. The van der Waals surface area contributed by atoms with Gasteiger partial charge in [0, 0.05) is 61.5 Å². The predicted octanol–water partition coefficient (Wildman–Crippen LogP) is 2.95. The van der Waals surface area contributed by atoms with E-state index in [-0.39, 0.29) is 5.25 Å². The zero-order valence-electron chi connectivity index (χ0n) is 19.2. The molecule has 3 aromatic heterocycles. The van der Waals surface area contributed by atoms with Gasteiger partial charge in [-0.1, -0.05) is 11.8 Å². The van der Waals surface area contributed by atoms with Crippen molar-refractivity contribution >= 4 is 34.7 Å². The van der Waals surface area contributed by atoms with Crippen LogP contribution in [0.2, 0.25) is 0 Å². The first-order valence-electron chi connectivity index (χ1n) is 10.9. The summed E-state index contributed by atoms with van der Waals surface area (Å²) in [4.78, 5) is 23.7. The van der Waals surface area contributed by atoms with Crippen molar-refractivity contribution in [3.8, 4) is 16.5 Å². The van der Waals surface area contributed by atoms with Gasteiger partial charge < -0.3 is 21.1 Å². The number of nitrogens with two attached hydrogens (primary N) is 2. The van der Waals surface area contributed by atoms with Crippen LogP contribution in [0.15, 0.2) is 29.6 Å². The highest BCUT2D eigenvalue weighted by Gasteiger charge is 2.19. The van der Waals surface area contributed by atoms with Gasteiger partial charge in [0.2, 0.25) is 5.88 Å². The number of thioether (sulfide) groups is 1. The Morgan fingerprint density at radius 2 is 1.85 bits per heavy atom. The minimum atomic E-state index is 0.0531. The number of likely N-dealkylation sites (N-methyl/N-ethyl adjacent to an activating group) is 1. The number of hydrogen-bond acceptors (Lipinski definition) is 11. The minimum Gasteiger partial charge on any atom is -0.476 e. The van der Waals surface area contributed by atoms with Gasteiger partial charge in [0.05, 0.1) is 10.9 Å². The van der Waals surface area contributed by atoms with Crippen LogP contribution < -0.4 is 16.2 Å². The molecule has 1 aliphatic rings. The molecular formula is C22H30N8OS2. The van der Waals surface area contributed by atoms with Crippen LogP contribution in [0.25, 0.3) is 10.6 Å². The molecule has 4 N–H and O–H groups in total. The number of nitrogens with zero attached hydrogens (tertiary/aromatic N) is 6. The van der Waals surface area contributed by atoms with E-state index in [4.69, 9.17) is 21.2 Å². The van der Waals surface area contributed by atoms with E-state index in [1.165, 1.54) is 11.8 Å². The lowest BCUT2D eigenvalue weighted by Gasteiger charge is -2.32. The molecule has 0 aliphatic carbocycles. The second-order valence-electron chi connectivity index (χ2n) is 8.10. The summed E-state index contributed by atoms with van der Waals surface area (Å²) in [7, 11) is 2.16. The van der Waals surface area contributed by atoms with Crippen LogP contribution in [0, 0.1) is 6.92 Å². The third kappa shape index (κ3) is 6.32. The quantitative estimate of drug-likeness (QED) is 0.363. The first-order valence-corrected chi connectivity index (χ1v) is 12.6. The number of hydrogen-bond donors (Lipinski definition) is 2. The van der Waals surface area contributed by atoms with Gasteiger partial charge in [-0.2, -0.15) is 0 Å². The van der Waals surface area contributed by atoms with Crippen molar-refractivity contribution < 1.29 is 4.74 Å². The van der Waals surface area contributed by atoms with Gasteiger partial charge >= 0.3 is 0 Å². The molecule has 4 rings (SSSR count). The summed E-state index contributed by atoms with van der Waals surface area (Å²) in [6, 6.07) is 5.48. The van der Waals surface area contributed by atoms with Crippen molar-refractivity contribution in [2.24, 2.45) is 0 Å². The normalized spacial score (nSPS) is 16.1. The maximum Gasteiger partial charge on any atom is 0.213 e. The van der Waals surface area contributed by atoms with Gasteiger partial charge in [-0.3, -0.25) is 4.90 Å². The predicted molar refractivity (Wildman–Crippen MR) is 135 cm³/mol. The number of rotatable bonds is 8. The average molecular weight is 487 g/mol. The van der Waals surface area contributed by atoms with Gasteiger partial charge in [-0.25, -0.2) is 19.9 Å². The van der Waals surface area contributed by atoms with Crippen LogP contribution in [-0.2, 0) is 0 Å². The van der Waals surface area contributed by atoms with Crippen LogP contribution in [0.5, 0.6) is 5.88 Å². The zero-order chi connectivity index (χ0) is 23.4. The van der Waals surface area contributed by atoms with Crippen LogP contribution >= 0.6 is 23.1 Å². The molecule has 0 unspecified atom stereocenters. The zero-order valence-corrected chi connectivity index (χ0v) is 20.8. The SMILES string of the molecule is Cc1sc(-c2ccnc(OCCN3CCN(C)CC3)c2)nc1[C@H](C)Sc1nc(N)cc(N)n1. The van der Waals surface area contributed by atoms with E-state index in [9.17, 15) is 0 Å². The largest absolute Gasteiger partial charge is 0.476 e. The molecule has 0 radical (unpaired) electrons. The van der Waals surface area contributed by atoms with E-state index in [1.54, 1.807) is 23.6 Å². The van der Waals surface area contributed by atoms with Crippen LogP contribution in [-0.4, -0.2) is 76.1 Å². The number of piperazine rings is 1. The van der Waals surface area contributed by atoms with Crippen LogP contribution in [0.3, 0.4) is 0 Å². The molecule has 33 heavy (non-hydrogen) atoms. The van der Waals surface area contributed by atoms with Crippen molar-refractivity contribution in [2.75, 3.05) is 57.8 Å². The maximum atomic E-state index is 5.95. The fourth-order valence-corrected chi connectivity index (χ4v) is 5.66. The Kier molecular flexibility index (Phi) is 7.63. The summed E-state index contributed by atoms with van der Waals surface area (Å²) < 4.78 is 5.95. The lowest BCUT2D eigenvalue weighted by Crippen LogP contribution is -2.45. The fraction of sp³-hybridized carbons (Fsp3) is 0.455. The van der Waals surface area contributed by atoms with Gasteiger partial charge in [-0.05, 0) is 27.0 Å². The molecule has 1 atom stereocenters. The minimum absolute atomic E-state index is 0.0531. The topological polar surface area (TPSA) is 119 Å². The maximum absolute atomic E-state index is 5.95. The van der Waals surface area contributed by atoms with Gasteiger partial charge in [-0.15, -0.1) is 11.3 Å². The molecule has 176 valence electrons. The second kappa shape index (κ2) is 10.6. The van der Waals surface area contributed by atoms with E-state index in [2.05, 4.69) is 45.6 Å². The highest BCUT2D eigenvalue weighted by molar-refractivity contribution is 7.99. The van der Waals surface area contributed by atoms with Crippen molar-refractivity contribution in [3.63, 3.8) is 0 Å². The van der Waals surface area contributed by atoms with E-state index in [1.807, 2.05) is 12.1 Å². The summed E-state index contributed by atoms with van der Waals surface area (Å²) in [5.74, 6) is 1.36. The van der Waals surface area contributed by atoms with E-state index in [0.29, 0.717) is 29.3 Å². The molecule has 0 saturated carbocycles. The monoisotopic (exact) mass is 486 g/mol. The molecule has 0 aromatic carbocycles. The van der Waals surface area contributed by atoms with Gasteiger partial charge in [0.15, 0.2) is 5.16 Å². The number of ether oxygens (including phenoxy) is 1. The third-order valence-electron chi connectivity index (χ3n) is 5.48. The van der Waals surface area contributed by atoms with Crippen molar-refractivity contribution in [1.29, 1.82) is 0 Å². The lowest BCUT2D eigenvalue weighted by molar-refractivity contribution is 0.132. The number of aryl methyl sites for hydroxylation is 1. The van der Waals surface area contributed by atoms with Crippen molar-refractivity contribution in [1.82, 2.24) is 29.7 Å². The summed E-state index contributed by atoms with van der Waals surface area (Å²) in [5.41, 5.74) is 13.6. The molecular weight excluding hydrogens is 456 g/mol. The second-order valence-corrected chi connectivity index (χ2v) is 10.6. The lowest BCUT2D eigenvalue weighted by atomic mass is 10.2. The van der Waals surface area contributed by atoms with Crippen molar-refractivity contribution in [3.05, 3.63) is 35.0 Å². The van der Waals surface area contributed by atoms with E-state index >= 15 is 0 Å². The van der Waals surface area contributed by atoms with Gasteiger partial charge in [0.1, 0.15) is 23.3 Å². The number of aromatic nitrogens is 4. The summed E-state index contributed by atoms with van der Waals surface area (Å²) in [5, 5.41) is 1.54. The molecule has 11 heteroatoms. The number of pyridine rings is 1. The van der Waals surface area contributed by atoms with E-state index in [0.717, 1.165) is 53.9 Å². The smallest absolute Gasteiger partial charge is 0.213 e. The Hall–Kier alpha value is -2.47. The molecule has 1 aliphatic heterocycles. The first kappa shape index (κ1) is 23.7. The molecule has 0 bridgehead atoms. The van der Waals surface area contributed by atoms with Gasteiger partial charge in [0.25, 0.3) is 0 Å². The molecule has 0 spiro atoms. The molecule has 1 saturated heterocycles. The van der Waals surface area contributed by atoms with Crippen molar-refractivity contribution in [2.45, 2.75) is 24.3 Å². The fourth-order valence-electron chi connectivity index (χ4n) is 3.61. The van der Waals surface area contributed by atoms with Crippen LogP contribution in [0.1, 0.15) is 22.7 Å². The number of nitrogen functional groups attached to an aromatic ring is 2. The molecule has 3 aromatic rings.